The number of aryl methyl sites for hydroxylation is 2. The molecular weight excluding hydrogens is 323 g/mol. The van der Waals surface area contributed by atoms with Gasteiger partial charge in [-0.15, -0.1) is 0 Å². The molecule has 3 nitrogen and oxygen atoms in total. The van der Waals surface area contributed by atoms with Crippen LogP contribution in [0.2, 0.25) is 0 Å². The fourth-order valence-electron chi connectivity index (χ4n) is 2.08. The molecule has 1 atom stereocenters. The fraction of sp³-hybridized carbons (Fsp3) is 0.400. The van der Waals surface area contributed by atoms with Gasteiger partial charge < -0.3 is 5.11 Å². The number of aliphatic hydroxyl groups excluding tert-OH is 1. The minimum Gasteiger partial charge on any atom is -0.393 e. The average Bonchev–Trinajstić information content (AvgIpc) is 2.73. The van der Waals surface area contributed by atoms with E-state index in [0.717, 1.165) is 27.8 Å². The molecule has 2 aromatic rings. The van der Waals surface area contributed by atoms with E-state index in [1.54, 1.807) is 12.1 Å². The molecule has 1 unspecified atom stereocenters. The third-order valence-electron chi connectivity index (χ3n) is 3.32. The van der Waals surface area contributed by atoms with Gasteiger partial charge in [0.05, 0.1) is 22.0 Å². The zero-order chi connectivity index (χ0) is 14.7. The van der Waals surface area contributed by atoms with Gasteiger partial charge in [-0.3, -0.25) is 4.68 Å². The second-order valence-corrected chi connectivity index (χ2v) is 5.62. The van der Waals surface area contributed by atoms with E-state index >= 15 is 0 Å². The van der Waals surface area contributed by atoms with E-state index in [-0.39, 0.29) is 11.9 Å². The topological polar surface area (TPSA) is 38.0 Å². The van der Waals surface area contributed by atoms with Gasteiger partial charge in [0.1, 0.15) is 5.82 Å². The molecule has 0 aliphatic rings. The zero-order valence-electron chi connectivity index (χ0n) is 11.6. The van der Waals surface area contributed by atoms with Gasteiger partial charge >= 0.3 is 0 Å². The molecule has 0 amide bonds. The van der Waals surface area contributed by atoms with Crippen molar-refractivity contribution in [3.05, 3.63) is 40.2 Å². The highest BCUT2D eigenvalue weighted by atomic mass is 79.9. The summed E-state index contributed by atoms with van der Waals surface area (Å²) in [6.07, 6.45) is 1.06. The third kappa shape index (κ3) is 3.27. The average molecular weight is 341 g/mol. The van der Waals surface area contributed by atoms with Crippen molar-refractivity contribution in [2.24, 2.45) is 0 Å². The van der Waals surface area contributed by atoms with E-state index in [0.29, 0.717) is 13.0 Å². The van der Waals surface area contributed by atoms with Crippen LogP contribution in [0.1, 0.15) is 25.5 Å². The molecule has 0 spiro atoms. The highest BCUT2D eigenvalue weighted by molar-refractivity contribution is 9.10. The smallest absolute Gasteiger partial charge is 0.123 e. The minimum atomic E-state index is -0.320. The van der Waals surface area contributed by atoms with Gasteiger partial charge in [0, 0.05) is 12.1 Å². The number of aromatic nitrogens is 2. The summed E-state index contributed by atoms with van der Waals surface area (Å²) < 4.78 is 15.8. The van der Waals surface area contributed by atoms with Gasteiger partial charge in [-0.25, -0.2) is 4.39 Å². The van der Waals surface area contributed by atoms with Crippen molar-refractivity contribution in [2.45, 2.75) is 39.3 Å². The molecule has 5 heteroatoms. The molecular formula is C15H18BrFN2O. The van der Waals surface area contributed by atoms with Crippen LogP contribution in [0.3, 0.4) is 0 Å². The molecule has 0 saturated carbocycles. The monoisotopic (exact) mass is 340 g/mol. The Bertz CT molecular complexity index is 580. The Morgan fingerprint density at radius 3 is 2.60 bits per heavy atom. The van der Waals surface area contributed by atoms with Crippen LogP contribution in [0.4, 0.5) is 4.39 Å². The van der Waals surface area contributed by atoms with E-state index in [1.807, 2.05) is 18.5 Å². The van der Waals surface area contributed by atoms with E-state index in [4.69, 9.17) is 0 Å². The number of benzene rings is 1. The molecule has 0 saturated heterocycles. The Labute approximate surface area is 126 Å². The molecule has 0 radical (unpaired) electrons. The van der Waals surface area contributed by atoms with E-state index < -0.39 is 0 Å². The van der Waals surface area contributed by atoms with Crippen LogP contribution >= 0.6 is 15.9 Å². The van der Waals surface area contributed by atoms with Crippen LogP contribution in [-0.4, -0.2) is 21.0 Å². The molecule has 0 aliphatic heterocycles. The van der Waals surface area contributed by atoms with Gasteiger partial charge in [0.15, 0.2) is 0 Å². The summed E-state index contributed by atoms with van der Waals surface area (Å²) in [5.41, 5.74) is 2.71. The SMILES string of the molecule is CCC(O)CCn1nc(C)c(Br)c1-c1ccc(F)cc1. The molecule has 1 aromatic carbocycles. The molecule has 108 valence electrons. The van der Waals surface area contributed by atoms with Crippen LogP contribution in [0.25, 0.3) is 11.3 Å². The summed E-state index contributed by atoms with van der Waals surface area (Å²) in [5.74, 6) is -0.255. The molecule has 0 fully saturated rings. The molecule has 20 heavy (non-hydrogen) atoms. The zero-order valence-corrected chi connectivity index (χ0v) is 13.2. The lowest BCUT2D eigenvalue weighted by atomic mass is 10.1. The number of rotatable bonds is 5. The first-order valence-corrected chi connectivity index (χ1v) is 7.49. The van der Waals surface area contributed by atoms with E-state index in [9.17, 15) is 9.50 Å². The first-order chi connectivity index (χ1) is 9.52. The Balaban J connectivity index is 2.33. The third-order valence-corrected chi connectivity index (χ3v) is 4.27. The van der Waals surface area contributed by atoms with Crippen molar-refractivity contribution in [3.63, 3.8) is 0 Å². The lowest BCUT2D eigenvalue weighted by Gasteiger charge is -2.11. The standard InChI is InChI=1S/C15H18BrFN2O/c1-3-13(20)8-9-19-15(14(16)10(2)18-19)11-4-6-12(17)7-5-11/h4-7,13,20H,3,8-9H2,1-2H3. The Hall–Kier alpha value is -1.20. The van der Waals surface area contributed by atoms with Crippen molar-refractivity contribution in [1.82, 2.24) is 9.78 Å². The van der Waals surface area contributed by atoms with Crippen LogP contribution in [-0.2, 0) is 6.54 Å². The summed E-state index contributed by atoms with van der Waals surface area (Å²) in [5, 5.41) is 14.2. The van der Waals surface area contributed by atoms with Gasteiger partial charge in [0.25, 0.3) is 0 Å². The molecule has 1 heterocycles. The molecule has 2 rings (SSSR count). The number of hydrogen-bond acceptors (Lipinski definition) is 2. The van der Waals surface area contributed by atoms with Crippen molar-refractivity contribution < 1.29 is 9.50 Å². The molecule has 0 aliphatic carbocycles. The maximum atomic E-state index is 13.0. The predicted molar refractivity (Wildman–Crippen MR) is 81.0 cm³/mol. The Morgan fingerprint density at radius 2 is 2.00 bits per heavy atom. The van der Waals surface area contributed by atoms with Crippen LogP contribution in [0.15, 0.2) is 28.7 Å². The minimum absolute atomic E-state index is 0.255. The number of nitrogens with zero attached hydrogens (tertiary/aromatic N) is 2. The largest absolute Gasteiger partial charge is 0.393 e. The second-order valence-electron chi connectivity index (χ2n) is 4.83. The van der Waals surface area contributed by atoms with Crippen LogP contribution < -0.4 is 0 Å². The highest BCUT2D eigenvalue weighted by Gasteiger charge is 2.15. The van der Waals surface area contributed by atoms with Gasteiger partial charge in [-0.05, 0) is 60.0 Å². The Morgan fingerprint density at radius 1 is 1.35 bits per heavy atom. The van der Waals surface area contributed by atoms with Gasteiger partial charge in [-0.2, -0.15) is 5.10 Å². The Kier molecular flexibility index (Phi) is 4.94. The lowest BCUT2D eigenvalue weighted by molar-refractivity contribution is 0.153. The molecule has 1 aromatic heterocycles. The summed E-state index contributed by atoms with van der Waals surface area (Å²) in [6, 6.07) is 6.36. The maximum Gasteiger partial charge on any atom is 0.123 e. The van der Waals surface area contributed by atoms with Crippen molar-refractivity contribution in [2.75, 3.05) is 0 Å². The second kappa shape index (κ2) is 6.50. The van der Waals surface area contributed by atoms with Gasteiger partial charge in [-0.1, -0.05) is 6.92 Å². The number of aliphatic hydroxyl groups is 1. The summed E-state index contributed by atoms with van der Waals surface area (Å²) in [4.78, 5) is 0. The summed E-state index contributed by atoms with van der Waals surface area (Å²) in [7, 11) is 0. The summed E-state index contributed by atoms with van der Waals surface area (Å²) in [6.45, 7) is 4.51. The summed E-state index contributed by atoms with van der Waals surface area (Å²) >= 11 is 3.54. The van der Waals surface area contributed by atoms with E-state index in [2.05, 4.69) is 21.0 Å². The van der Waals surface area contributed by atoms with Crippen molar-refractivity contribution in [1.29, 1.82) is 0 Å². The first-order valence-electron chi connectivity index (χ1n) is 6.69. The molecule has 0 bridgehead atoms. The number of hydrogen-bond donors (Lipinski definition) is 1. The normalized spacial score (nSPS) is 12.7. The van der Waals surface area contributed by atoms with Crippen LogP contribution in [0, 0.1) is 12.7 Å². The van der Waals surface area contributed by atoms with Crippen LogP contribution in [0.5, 0.6) is 0 Å². The van der Waals surface area contributed by atoms with Crippen molar-refractivity contribution in [3.8, 4) is 11.3 Å². The maximum absolute atomic E-state index is 13.0. The van der Waals surface area contributed by atoms with E-state index in [1.165, 1.54) is 12.1 Å². The first kappa shape index (κ1) is 15.2. The quantitative estimate of drug-likeness (QED) is 0.895. The lowest BCUT2D eigenvalue weighted by Crippen LogP contribution is -2.11. The van der Waals surface area contributed by atoms with Gasteiger partial charge in [0.2, 0.25) is 0 Å². The number of halogens is 2. The van der Waals surface area contributed by atoms with Crippen molar-refractivity contribution >= 4 is 15.9 Å². The highest BCUT2D eigenvalue weighted by Crippen LogP contribution is 2.31. The molecule has 1 N–H and O–H groups in total. The predicted octanol–water partition coefficient (Wildman–Crippen LogP) is 3.92. The fourth-order valence-corrected chi connectivity index (χ4v) is 2.59.